The van der Waals surface area contributed by atoms with Gasteiger partial charge in [0, 0.05) is 7.05 Å². The maximum atomic E-state index is 5.87. The molecule has 0 aromatic carbocycles. The molecule has 0 N–H and O–H groups in total. The molecule has 1 aromatic heterocycles. The Morgan fingerprint density at radius 1 is 1.56 bits per heavy atom. The van der Waals surface area contributed by atoms with Crippen LogP contribution in [0.25, 0.3) is 4.48 Å². The monoisotopic (exact) mass is 329 g/mol. The largest absolute Gasteiger partial charge is 0.494 e. The van der Waals surface area contributed by atoms with Crippen molar-refractivity contribution in [2.24, 2.45) is 5.92 Å². The topological polar surface area (TPSA) is 38.2 Å². The Balaban J connectivity index is 1.91. The van der Waals surface area contributed by atoms with Crippen molar-refractivity contribution in [1.82, 2.24) is 9.97 Å². The molecule has 2 heterocycles. The molecular formula is C12H13BrClN3O. The summed E-state index contributed by atoms with van der Waals surface area (Å²) in [5, 5.41) is 0.252. The Morgan fingerprint density at radius 2 is 2.33 bits per heavy atom. The highest BCUT2D eigenvalue weighted by Crippen LogP contribution is 2.38. The van der Waals surface area contributed by atoms with Gasteiger partial charge in [-0.2, -0.15) is 0 Å². The van der Waals surface area contributed by atoms with Gasteiger partial charge in [0.25, 0.3) is 0 Å². The number of ether oxygens (including phenoxy) is 1. The van der Waals surface area contributed by atoms with Crippen LogP contribution < -0.4 is 4.90 Å². The number of hydrogen-bond donors (Lipinski definition) is 0. The van der Waals surface area contributed by atoms with E-state index in [0.29, 0.717) is 0 Å². The maximum Gasteiger partial charge on any atom is 0.223 e. The van der Waals surface area contributed by atoms with Crippen molar-refractivity contribution in [3.63, 3.8) is 0 Å². The summed E-state index contributed by atoms with van der Waals surface area (Å²) in [6, 6.07) is 0. The van der Waals surface area contributed by atoms with Crippen LogP contribution in [-0.2, 0) is 4.74 Å². The van der Waals surface area contributed by atoms with Gasteiger partial charge in [-0.15, -0.1) is 0 Å². The van der Waals surface area contributed by atoms with E-state index >= 15 is 0 Å². The lowest BCUT2D eigenvalue weighted by molar-refractivity contribution is 0.198. The van der Waals surface area contributed by atoms with Crippen LogP contribution in [0.2, 0.25) is 5.28 Å². The second-order valence-corrected chi connectivity index (χ2v) is 5.85. The van der Waals surface area contributed by atoms with Crippen LogP contribution in [0.1, 0.15) is 18.5 Å². The molecule has 18 heavy (non-hydrogen) atoms. The van der Waals surface area contributed by atoms with E-state index < -0.39 is 0 Å². The van der Waals surface area contributed by atoms with E-state index in [1.807, 2.05) is 7.05 Å². The van der Waals surface area contributed by atoms with Crippen molar-refractivity contribution >= 4 is 37.7 Å². The van der Waals surface area contributed by atoms with Gasteiger partial charge >= 0.3 is 0 Å². The summed E-state index contributed by atoms with van der Waals surface area (Å²) in [5.74, 6) is 1.66. The van der Waals surface area contributed by atoms with Crippen LogP contribution in [-0.4, -0.2) is 30.2 Å². The van der Waals surface area contributed by atoms with Gasteiger partial charge in [0.2, 0.25) is 5.28 Å². The third kappa shape index (κ3) is 2.34. The summed E-state index contributed by atoms with van der Waals surface area (Å²) in [4.78, 5) is 10.3. The minimum atomic E-state index is 0.252. The standard InChI is InChI=1S/C12H13BrClN3O/c1-17-5-9(18-6-7-2-3-7)10(13)11-8(17)4-15-12(14)16-11/h4,7H,2-3,5-6H2,1H3. The minimum Gasteiger partial charge on any atom is -0.494 e. The number of fused-ring (bicyclic) bond motifs is 1. The number of anilines is 1. The van der Waals surface area contributed by atoms with Gasteiger partial charge in [0.05, 0.1) is 29.5 Å². The highest BCUT2D eigenvalue weighted by Gasteiger charge is 2.27. The Bertz CT molecular complexity index is 516. The summed E-state index contributed by atoms with van der Waals surface area (Å²) in [7, 11) is 2.00. The number of nitrogens with zero attached hydrogens (tertiary/aromatic N) is 3. The predicted molar refractivity (Wildman–Crippen MR) is 74.8 cm³/mol. The molecule has 96 valence electrons. The summed E-state index contributed by atoms with van der Waals surface area (Å²) >= 11 is 9.41. The normalized spacial score (nSPS) is 18.9. The van der Waals surface area contributed by atoms with Gasteiger partial charge in [0.15, 0.2) is 0 Å². The molecule has 1 saturated carbocycles. The number of hydrogen-bond acceptors (Lipinski definition) is 4. The number of aromatic nitrogens is 2. The summed E-state index contributed by atoms with van der Waals surface area (Å²) in [6.07, 6.45) is 4.31. The molecule has 6 heteroatoms. The molecule has 0 bridgehead atoms. The van der Waals surface area contributed by atoms with Crippen LogP contribution >= 0.6 is 27.5 Å². The third-order valence-corrected chi connectivity index (χ3v) is 4.17. The van der Waals surface area contributed by atoms with Crippen molar-refractivity contribution in [2.45, 2.75) is 12.8 Å². The smallest absolute Gasteiger partial charge is 0.223 e. The fourth-order valence-corrected chi connectivity index (χ4v) is 2.57. The second kappa shape index (κ2) is 4.70. The molecule has 1 aliphatic carbocycles. The lowest BCUT2D eigenvalue weighted by atomic mass is 10.2. The molecule has 0 spiro atoms. The molecule has 2 aliphatic rings. The lowest BCUT2D eigenvalue weighted by Gasteiger charge is -2.28. The zero-order valence-electron chi connectivity index (χ0n) is 9.99. The Hall–Kier alpha value is -0.810. The lowest BCUT2D eigenvalue weighted by Crippen LogP contribution is -2.27. The number of rotatable bonds is 3. The van der Waals surface area contributed by atoms with E-state index in [1.54, 1.807) is 6.20 Å². The van der Waals surface area contributed by atoms with E-state index in [-0.39, 0.29) is 5.28 Å². The van der Waals surface area contributed by atoms with Crippen LogP contribution in [0.4, 0.5) is 5.69 Å². The first-order valence-corrected chi connectivity index (χ1v) is 7.07. The van der Waals surface area contributed by atoms with Crippen molar-refractivity contribution in [2.75, 3.05) is 25.1 Å². The third-order valence-electron chi connectivity index (χ3n) is 3.17. The molecule has 0 saturated heterocycles. The van der Waals surface area contributed by atoms with Crippen LogP contribution in [0.15, 0.2) is 12.0 Å². The van der Waals surface area contributed by atoms with Gasteiger partial charge in [0.1, 0.15) is 11.5 Å². The Morgan fingerprint density at radius 3 is 3.06 bits per heavy atom. The molecule has 1 aliphatic heterocycles. The second-order valence-electron chi connectivity index (χ2n) is 4.72. The van der Waals surface area contributed by atoms with E-state index in [0.717, 1.165) is 40.7 Å². The molecular weight excluding hydrogens is 318 g/mol. The van der Waals surface area contributed by atoms with Gasteiger partial charge in [-0.05, 0) is 46.3 Å². The highest BCUT2D eigenvalue weighted by molar-refractivity contribution is 9.15. The quantitative estimate of drug-likeness (QED) is 0.798. The number of halogens is 2. The fourth-order valence-electron chi connectivity index (χ4n) is 1.91. The molecule has 3 rings (SSSR count). The molecule has 4 nitrogen and oxygen atoms in total. The van der Waals surface area contributed by atoms with E-state index in [9.17, 15) is 0 Å². The first kappa shape index (κ1) is 12.2. The van der Waals surface area contributed by atoms with Crippen molar-refractivity contribution in [3.8, 4) is 0 Å². The van der Waals surface area contributed by atoms with Crippen molar-refractivity contribution in [1.29, 1.82) is 0 Å². The van der Waals surface area contributed by atoms with E-state index in [2.05, 4.69) is 30.8 Å². The van der Waals surface area contributed by atoms with Crippen LogP contribution in [0.3, 0.4) is 0 Å². The molecule has 0 unspecified atom stereocenters. The molecule has 0 radical (unpaired) electrons. The highest BCUT2D eigenvalue weighted by atomic mass is 79.9. The average molecular weight is 331 g/mol. The fraction of sp³-hybridized carbons (Fsp3) is 0.500. The van der Waals surface area contributed by atoms with Gasteiger partial charge in [-0.3, -0.25) is 0 Å². The summed E-state index contributed by atoms with van der Waals surface area (Å²) in [6.45, 7) is 1.53. The summed E-state index contributed by atoms with van der Waals surface area (Å²) < 4.78 is 6.76. The predicted octanol–water partition coefficient (Wildman–Crippen LogP) is 3.07. The number of likely N-dealkylation sites (N-methyl/N-ethyl adjacent to an activating group) is 1. The summed E-state index contributed by atoms with van der Waals surface area (Å²) in [5.41, 5.74) is 1.76. The molecule has 1 fully saturated rings. The zero-order valence-corrected chi connectivity index (χ0v) is 12.3. The van der Waals surface area contributed by atoms with E-state index in [1.165, 1.54) is 12.8 Å². The molecule has 0 atom stereocenters. The van der Waals surface area contributed by atoms with E-state index in [4.69, 9.17) is 16.3 Å². The van der Waals surface area contributed by atoms with Crippen molar-refractivity contribution in [3.05, 3.63) is 22.9 Å². The zero-order chi connectivity index (χ0) is 12.7. The minimum absolute atomic E-state index is 0.252. The van der Waals surface area contributed by atoms with Gasteiger partial charge < -0.3 is 9.64 Å². The first-order valence-electron chi connectivity index (χ1n) is 5.90. The van der Waals surface area contributed by atoms with Crippen LogP contribution in [0, 0.1) is 5.92 Å². The SMILES string of the molecule is CN1CC(OCC2CC2)=C(Br)c2nc(Cl)ncc21. The Labute approximate surface area is 119 Å². The maximum absolute atomic E-state index is 5.87. The van der Waals surface area contributed by atoms with Gasteiger partial charge in [-0.1, -0.05) is 0 Å². The molecule has 0 amide bonds. The van der Waals surface area contributed by atoms with Crippen molar-refractivity contribution < 1.29 is 4.74 Å². The van der Waals surface area contributed by atoms with Crippen LogP contribution in [0.5, 0.6) is 0 Å². The Kier molecular flexibility index (Phi) is 3.20. The first-order chi connectivity index (χ1) is 8.65. The average Bonchev–Trinajstić information content (AvgIpc) is 3.16. The molecule has 1 aromatic rings. The van der Waals surface area contributed by atoms with Gasteiger partial charge in [-0.25, -0.2) is 9.97 Å².